The third-order valence-corrected chi connectivity index (χ3v) is 6.67. The molecule has 5 rings (SSSR count). The Morgan fingerprint density at radius 3 is 2.69 bits per heavy atom. The van der Waals surface area contributed by atoms with Crippen molar-refractivity contribution in [3.63, 3.8) is 0 Å². The van der Waals surface area contributed by atoms with Crippen molar-refractivity contribution in [2.24, 2.45) is 0 Å². The SMILES string of the molecule is COc1cc(N2CCNCC2)ccc1Nc1nc(Nc2c(F)ccc(Cl)c2Cl)cc2cn[nH]c(=O)c12. The van der Waals surface area contributed by atoms with Crippen LogP contribution in [-0.2, 0) is 0 Å². The number of hydrogen-bond acceptors (Lipinski definition) is 8. The summed E-state index contributed by atoms with van der Waals surface area (Å²) >= 11 is 12.3. The summed E-state index contributed by atoms with van der Waals surface area (Å²) in [5.41, 5.74) is 1.17. The van der Waals surface area contributed by atoms with Crippen LogP contribution in [-0.4, -0.2) is 48.5 Å². The summed E-state index contributed by atoms with van der Waals surface area (Å²) in [7, 11) is 1.58. The number of benzene rings is 2. The lowest BCUT2D eigenvalue weighted by Crippen LogP contribution is -2.43. The minimum absolute atomic E-state index is 0.0160. The molecule has 1 aliphatic rings. The second kappa shape index (κ2) is 10.2. The monoisotopic (exact) mass is 529 g/mol. The van der Waals surface area contributed by atoms with Crippen LogP contribution in [0.1, 0.15) is 0 Å². The van der Waals surface area contributed by atoms with E-state index in [1.807, 2.05) is 18.2 Å². The van der Waals surface area contributed by atoms with Crippen LogP contribution in [0.5, 0.6) is 5.75 Å². The summed E-state index contributed by atoms with van der Waals surface area (Å²) in [5, 5.41) is 16.7. The topological polar surface area (TPSA) is 107 Å². The number of halogens is 3. The van der Waals surface area contributed by atoms with Crippen molar-refractivity contribution in [1.82, 2.24) is 20.5 Å². The van der Waals surface area contributed by atoms with E-state index in [0.717, 1.165) is 31.9 Å². The largest absolute Gasteiger partial charge is 0.494 e. The number of nitrogens with zero attached hydrogens (tertiary/aromatic N) is 3. The maximum Gasteiger partial charge on any atom is 0.275 e. The highest BCUT2D eigenvalue weighted by Crippen LogP contribution is 2.36. The zero-order valence-electron chi connectivity index (χ0n) is 19.2. The summed E-state index contributed by atoms with van der Waals surface area (Å²) in [6, 6.07) is 9.92. The molecule has 0 aliphatic carbocycles. The average molecular weight is 530 g/mol. The molecular formula is C24H22Cl2FN7O2. The number of fused-ring (bicyclic) bond motifs is 1. The summed E-state index contributed by atoms with van der Waals surface area (Å²) < 4.78 is 20.1. The Balaban J connectivity index is 1.55. The fourth-order valence-electron chi connectivity index (χ4n) is 4.08. The second-order valence-electron chi connectivity index (χ2n) is 8.11. The molecule has 4 N–H and O–H groups in total. The molecule has 4 aromatic rings. The fourth-order valence-corrected chi connectivity index (χ4v) is 4.43. The molecule has 0 radical (unpaired) electrons. The normalized spacial score (nSPS) is 13.6. The first-order valence-electron chi connectivity index (χ1n) is 11.1. The molecule has 1 fully saturated rings. The fraction of sp³-hybridized carbons (Fsp3) is 0.208. The number of aromatic amines is 1. The molecule has 2 aromatic carbocycles. The molecule has 9 nitrogen and oxygen atoms in total. The molecule has 0 bridgehead atoms. The molecule has 1 aliphatic heterocycles. The van der Waals surface area contributed by atoms with Gasteiger partial charge < -0.3 is 25.6 Å². The number of H-pyrrole nitrogens is 1. The summed E-state index contributed by atoms with van der Waals surface area (Å²) in [5.74, 6) is 0.436. The van der Waals surface area contributed by atoms with Crippen molar-refractivity contribution < 1.29 is 9.13 Å². The van der Waals surface area contributed by atoms with Crippen LogP contribution in [0.2, 0.25) is 10.0 Å². The molecule has 12 heteroatoms. The van der Waals surface area contributed by atoms with E-state index in [1.165, 1.54) is 18.3 Å². The van der Waals surface area contributed by atoms with Crippen LogP contribution >= 0.6 is 23.2 Å². The summed E-state index contributed by atoms with van der Waals surface area (Å²) in [6.07, 6.45) is 1.48. The lowest BCUT2D eigenvalue weighted by atomic mass is 10.2. The van der Waals surface area contributed by atoms with Crippen molar-refractivity contribution in [2.45, 2.75) is 0 Å². The van der Waals surface area contributed by atoms with Crippen LogP contribution in [0, 0.1) is 5.82 Å². The quantitative estimate of drug-likeness (QED) is 0.267. The van der Waals surface area contributed by atoms with Gasteiger partial charge in [0.05, 0.1) is 40.1 Å². The van der Waals surface area contributed by atoms with Gasteiger partial charge in [-0.05, 0) is 30.3 Å². The van der Waals surface area contributed by atoms with Crippen molar-refractivity contribution >= 4 is 62.7 Å². The van der Waals surface area contributed by atoms with E-state index >= 15 is 0 Å². The van der Waals surface area contributed by atoms with Gasteiger partial charge in [-0.25, -0.2) is 14.5 Å². The van der Waals surface area contributed by atoms with Crippen LogP contribution < -0.4 is 31.1 Å². The van der Waals surface area contributed by atoms with Crippen LogP contribution in [0.25, 0.3) is 10.8 Å². The molecule has 0 spiro atoms. The molecule has 0 saturated carbocycles. The molecule has 0 amide bonds. The molecule has 2 aromatic heterocycles. The van der Waals surface area contributed by atoms with Crippen LogP contribution in [0.3, 0.4) is 0 Å². The smallest absolute Gasteiger partial charge is 0.275 e. The number of methoxy groups -OCH3 is 1. The van der Waals surface area contributed by atoms with E-state index in [-0.39, 0.29) is 32.8 Å². The lowest BCUT2D eigenvalue weighted by molar-refractivity contribution is 0.416. The first-order valence-corrected chi connectivity index (χ1v) is 11.9. The summed E-state index contributed by atoms with van der Waals surface area (Å²) in [4.78, 5) is 19.5. The van der Waals surface area contributed by atoms with Crippen molar-refractivity contribution in [2.75, 3.05) is 48.8 Å². The van der Waals surface area contributed by atoms with Crippen molar-refractivity contribution in [3.05, 3.63) is 68.8 Å². The van der Waals surface area contributed by atoms with Gasteiger partial charge in [-0.1, -0.05) is 23.2 Å². The Morgan fingerprint density at radius 1 is 1.11 bits per heavy atom. The highest BCUT2D eigenvalue weighted by molar-refractivity contribution is 6.43. The predicted molar refractivity (Wildman–Crippen MR) is 141 cm³/mol. The molecule has 1 saturated heterocycles. The Morgan fingerprint density at radius 2 is 1.92 bits per heavy atom. The van der Waals surface area contributed by atoms with Gasteiger partial charge in [0.2, 0.25) is 0 Å². The van der Waals surface area contributed by atoms with Crippen molar-refractivity contribution in [1.29, 1.82) is 0 Å². The van der Waals surface area contributed by atoms with E-state index in [0.29, 0.717) is 16.8 Å². The Hall–Kier alpha value is -3.60. The highest BCUT2D eigenvalue weighted by atomic mass is 35.5. The third kappa shape index (κ3) is 4.75. The highest BCUT2D eigenvalue weighted by Gasteiger charge is 2.17. The van der Waals surface area contributed by atoms with Gasteiger partial charge in [-0.2, -0.15) is 5.10 Å². The second-order valence-corrected chi connectivity index (χ2v) is 8.89. The van der Waals surface area contributed by atoms with E-state index in [1.54, 1.807) is 13.2 Å². The Labute approximate surface area is 215 Å². The number of hydrogen-bond donors (Lipinski definition) is 4. The third-order valence-electron chi connectivity index (χ3n) is 5.86. The molecule has 3 heterocycles. The van der Waals surface area contributed by atoms with E-state index in [9.17, 15) is 9.18 Å². The van der Waals surface area contributed by atoms with Gasteiger partial charge in [0.25, 0.3) is 5.56 Å². The predicted octanol–water partition coefficient (Wildman–Crippen LogP) is 4.67. The average Bonchev–Trinajstić information content (AvgIpc) is 2.89. The molecule has 0 atom stereocenters. The maximum atomic E-state index is 14.5. The number of aromatic nitrogens is 3. The number of piperazine rings is 1. The van der Waals surface area contributed by atoms with Gasteiger partial charge in [-0.3, -0.25) is 4.79 Å². The first-order chi connectivity index (χ1) is 17.4. The molecular weight excluding hydrogens is 508 g/mol. The minimum Gasteiger partial charge on any atom is -0.494 e. The summed E-state index contributed by atoms with van der Waals surface area (Å²) in [6.45, 7) is 3.60. The lowest BCUT2D eigenvalue weighted by Gasteiger charge is -2.30. The van der Waals surface area contributed by atoms with Gasteiger partial charge >= 0.3 is 0 Å². The van der Waals surface area contributed by atoms with Crippen LogP contribution in [0.4, 0.5) is 33.1 Å². The molecule has 36 heavy (non-hydrogen) atoms. The number of rotatable bonds is 6. The maximum absolute atomic E-state index is 14.5. The van der Waals surface area contributed by atoms with Gasteiger partial charge in [0, 0.05) is 43.3 Å². The number of ether oxygens (including phenoxy) is 1. The zero-order valence-corrected chi connectivity index (χ0v) is 20.7. The molecule has 0 unspecified atom stereocenters. The zero-order chi connectivity index (χ0) is 25.2. The van der Waals surface area contributed by atoms with Crippen LogP contribution in [0.15, 0.2) is 47.4 Å². The first kappa shape index (κ1) is 24.1. The number of pyridine rings is 1. The van der Waals surface area contributed by atoms with Gasteiger partial charge in [0.1, 0.15) is 23.2 Å². The van der Waals surface area contributed by atoms with E-state index in [4.69, 9.17) is 27.9 Å². The van der Waals surface area contributed by atoms with Gasteiger partial charge in [-0.15, -0.1) is 0 Å². The minimum atomic E-state index is -0.602. The number of nitrogens with one attached hydrogen (secondary N) is 4. The Kier molecular flexibility index (Phi) is 6.82. The van der Waals surface area contributed by atoms with E-state index < -0.39 is 11.4 Å². The standard InChI is InChI=1S/C24H22Cl2FN7O2/c1-36-18-11-14(34-8-6-28-7-9-34)2-5-17(18)30-23-20-13(12-29-33-24(20)35)10-19(32-23)31-22-16(27)4-3-15(25)21(22)26/h2-5,10-12,28H,6-9H2,1H3,(H,33,35)(H2,30,31,32). The number of anilines is 5. The molecule has 186 valence electrons. The van der Waals surface area contributed by atoms with Crippen molar-refractivity contribution in [3.8, 4) is 5.75 Å². The van der Waals surface area contributed by atoms with Gasteiger partial charge in [0.15, 0.2) is 0 Å². The Bertz CT molecular complexity index is 1490. The van der Waals surface area contributed by atoms with E-state index in [2.05, 4.69) is 36.0 Å².